The van der Waals surface area contributed by atoms with Crippen LogP contribution in [0.3, 0.4) is 0 Å². The second kappa shape index (κ2) is 12.2. The summed E-state index contributed by atoms with van der Waals surface area (Å²) >= 11 is 0. The molecule has 0 bridgehead atoms. The number of carbonyl (C=O) groups excluding carboxylic acids is 2. The molecule has 1 unspecified atom stereocenters. The molecule has 3 rings (SSSR count). The number of nitrogens with one attached hydrogen (secondary N) is 2. The Balaban J connectivity index is 1.54. The van der Waals surface area contributed by atoms with E-state index in [0.717, 1.165) is 5.56 Å². The van der Waals surface area contributed by atoms with E-state index in [2.05, 4.69) is 21.9 Å². The molecule has 0 fully saturated rings. The molecule has 0 heterocycles. The first-order valence-corrected chi connectivity index (χ1v) is 11.0. The number of amides is 2. The van der Waals surface area contributed by atoms with Crippen LogP contribution in [-0.4, -0.2) is 32.2 Å². The number of nitrogens with zero attached hydrogens (tertiary/aromatic N) is 1. The third-order valence-electron chi connectivity index (χ3n) is 5.20. The van der Waals surface area contributed by atoms with E-state index in [1.165, 1.54) is 18.7 Å². The minimum atomic E-state index is -0.943. The molecule has 8 heteroatoms. The summed E-state index contributed by atoms with van der Waals surface area (Å²) in [6.45, 7) is 3.95. The monoisotopic (exact) mass is 475 g/mol. The number of benzene rings is 3. The van der Waals surface area contributed by atoms with E-state index in [1.807, 2.05) is 25.1 Å². The predicted octanol–water partition coefficient (Wildman–Crippen LogP) is 4.32. The average Bonchev–Trinajstić information content (AvgIpc) is 2.87. The number of hydrazone groups is 1. The number of methoxy groups -OCH3 is 2. The Morgan fingerprint density at radius 2 is 1.71 bits per heavy atom. The second-order valence-electron chi connectivity index (χ2n) is 7.86. The Hall–Kier alpha value is -4.33. The number of carbonyl (C=O) groups is 2. The molecule has 0 aliphatic carbocycles. The molecule has 2 N–H and O–H groups in total. The molecular weight excluding hydrogens is 446 g/mol. The molecule has 2 amide bonds. The van der Waals surface area contributed by atoms with E-state index in [1.54, 1.807) is 56.7 Å². The van der Waals surface area contributed by atoms with Gasteiger partial charge in [-0.3, -0.25) is 9.59 Å². The molecule has 3 aromatic rings. The zero-order chi connectivity index (χ0) is 25.2. The van der Waals surface area contributed by atoms with E-state index < -0.39 is 17.7 Å². The Kier molecular flexibility index (Phi) is 8.83. The highest BCUT2D eigenvalue weighted by atomic mass is 16.5. The first-order chi connectivity index (χ1) is 16.9. The van der Waals surface area contributed by atoms with Gasteiger partial charge in [0.1, 0.15) is 18.3 Å². The standard InChI is InChI=1S/C27H29N3O5/c1-18-6-5-7-21(14-18)17-35-24-13-8-20(15-25(24)34-4)16-28-30-27(32)19(2)26(31)29-22-9-11-23(33-3)12-10-22/h5-16,19H,17H2,1-4H3,(H,29,31)(H,30,32). The van der Waals surface area contributed by atoms with Crippen LogP contribution in [0.4, 0.5) is 5.69 Å². The Morgan fingerprint density at radius 3 is 2.40 bits per heavy atom. The first kappa shape index (κ1) is 25.3. The fourth-order valence-electron chi connectivity index (χ4n) is 3.16. The van der Waals surface area contributed by atoms with E-state index in [0.29, 0.717) is 35.1 Å². The van der Waals surface area contributed by atoms with Gasteiger partial charge in [0.2, 0.25) is 5.91 Å². The molecule has 8 nitrogen and oxygen atoms in total. The van der Waals surface area contributed by atoms with Gasteiger partial charge in [0.05, 0.1) is 20.4 Å². The number of ether oxygens (including phenoxy) is 3. The lowest BCUT2D eigenvalue weighted by Gasteiger charge is -2.12. The number of aryl methyl sites for hydroxylation is 1. The average molecular weight is 476 g/mol. The van der Waals surface area contributed by atoms with Crippen molar-refractivity contribution < 1.29 is 23.8 Å². The van der Waals surface area contributed by atoms with E-state index in [9.17, 15) is 9.59 Å². The van der Waals surface area contributed by atoms with Crippen LogP contribution in [0, 0.1) is 12.8 Å². The summed E-state index contributed by atoms with van der Waals surface area (Å²) in [5.41, 5.74) is 5.88. The highest BCUT2D eigenvalue weighted by molar-refractivity contribution is 6.06. The quantitative estimate of drug-likeness (QED) is 0.259. The molecular formula is C27H29N3O5. The summed E-state index contributed by atoms with van der Waals surface area (Å²) in [6.07, 6.45) is 1.47. The van der Waals surface area contributed by atoms with Crippen LogP contribution in [0.25, 0.3) is 0 Å². The Morgan fingerprint density at radius 1 is 0.943 bits per heavy atom. The molecule has 0 aliphatic heterocycles. The van der Waals surface area contributed by atoms with Crippen molar-refractivity contribution in [2.24, 2.45) is 11.0 Å². The SMILES string of the molecule is COc1ccc(NC(=O)C(C)C(=O)NN=Cc2ccc(OCc3cccc(C)c3)c(OC)c2)cc1. The van der Waals surface area contributed by atoms with Crippen LogP contribution in [0.15, 0.2) is 71.8 Å². The van der Waals surface area contributed by atoms with Crippen molar-refractivity contribution in [3.63, 3.8) is 0 Å². The smallest absolute Gasteiger partial charge is 0.252 e. The van der Waals surface area contributed by atoms with Crippen LogP contribution in [-0.2, 0) is 16.2 Å². The summed E-state index contributed by atoms with van der Waals surface area (Å²) in [5.74, 6) is -0.108. The lowest BCUT2D eigenvalue weighted by molar-refractivity contribution is -0.131. The maximum atomic E-state index is 12.4. The summed E-state index contributed by atoms with van der Waals surface area (Å²) in [4.78, 5) is 24.7. The van der Waals surface area contributed by atoms with Crippen LogP contribution in [0.5, 0.6) is 17.2 Å². The van der Waals surface area contributed by atoms with Crippen LogP contribution in [0.1, 0.15) is 23.6 Å². The van der Waals surface area contributed by atoms with Gasteiger partial charge in [0, 0.05) is 5.69 Å². The van der Waals surface area contributed by atoms with Crippen LogP contribution < -0.4 is 25.0 Å². The third-order valence-corrected chi connectivity index (χ3v) is 5.20. The number of hydrogen-bond acceptors (Lipinski definition) is 6. The van der Waals surface area contributed by atoms with Gasteiger partial charge in [-0.1, -0.05) is 29.8 Å². The van der Waals surface area contributed by atoms with Gasteiger partial charge in [-0.05, 0) is 67.4 Å². The maximum absolute atomic E-state index is 12.4. The van der Waals surface area contributed by atoms with Crippen LogP contribution in [0.2, 0.25) is 0 Å². The second-order valence-corrected chi connectivity index (χ2v) is 7.86. The third kappa shape index (κ3) is 7.33. The minimum Gasteiger partial charge on any atom is -0.497 e. The maximum Gasteiger partial charge on any atom is 0.252 e. The van der Waals surface area contributed by atoms with Crippen molar-refractivity contribution in [1.29, 1.82) is 0 Å². The summed E-state index contributed by atoms with van der Waals surface area (Å²) in [5, 5.41) is 6.66. The molecule has 1 atom stereocenters. The van der Waals surface area contributed by atoms with Gasteiger partial charge in [-0.2, -0.15) is 5.10 Å². The highest BCUT2D eigenvalue weighted by Crippen LogP contribution is 2.28. The molecule has 0 saturated heterocycles. The van der Waals surface area contributed by atoms with Gasteiger partial charge in [0.15, 0.2) is 11.5 Å². The van der Waals surface area contributed by atoms with Crippen molar-refractivity contribution in [2.75, 3.05) is 19.5 Å². The molecule has 0 saturated carbocycles. The van der Waals surface area contributed by atoms with E-state index in [4.69, 9.17) is 14.2 Å². The topological polar surface area (TPSA) is 98.2 Å². The van der Waals surface area contributed by atoms with Crippen molar-refractivity contribution >= 4 is 23.7 Å². The zero-order valence-electron chi connectivity index (χ0n) is 20.2. The normalized spacial score (nSPS) is 11.5. The Labute approximate surface area is 204 Å². The minimum absolute atomic E-state index is 0.415. The van der Waals surface area contributed by atoms with Gasteiger partial charge in [-0.15, -0.1) is 0 Å². The lowest BCUT2D eigenvalue weighted by atomic mass is 10.1. The van der Waals surface area contributed by atoms with Gasteiger partial charge >= 0.3 is 0 Å². The summed E-state index contributed by atoms with van der Waals surface area (Å²) in [6, 6.07) is 20.2. The van der Waals surface area contributed by atoms with Crippen molar-refractivity contribution in [2.45, 2.75) is 20.5 Å². The van der Waals surface area contributed by atoms with Crippen LogP contribution >= 0.6 is 0 Å². The number of hydrogen-bond donors (Lipinski definition) is 2. The lowest BCUT2D eigenvalue weighted by Crippen LogP contribution is -2.34. The van der Waals surface area contributed by atoms with Crippen molar-refractivity contribution in [1.82, 2.24) is 5.43 Å². The first-order valence-electron chi connectivity index (χ1n) is 11.0. The van der Waals surface area contributed by atoms with E-state index in [-0.39, 0.29) is 0 Å². The summed E-state index contributed by atoms with van der Waals surface area (Å²) in [7, 11) is 3.12. The highest BCUT2D eigenvalue weighted by Gasteiger charge is 2.21. The Bertz CT molecular complexity index is 1190. The predicted molar refractivity (Wildman–Crippen MR) is 135 cm³/mol. The molecule has 0 aliphatic rings. The van der Waals surface area contributed by atoms with Crippen molar-refractivity contribution in [3.05, 3.63) is 83.4 Å². The van der Waals surface area contributed by atoms with E-state index >= 15 is 0 Å². The fraction of sp³-hybridized carbons (Fsp3) is 0.222. The van der Waals surface area contributed by atoms with Gasteiger partial charge in [-0.25, -0.2) is 5.43 Å². The van der Waals surface area contributed by atoms with Gasteiger partial charge in [0.25, 0.3) is 5.91 Å². The van der Waals surface area contributed by atoms with Gasteiger partial charge < -0.3 is 19.5 Å². The zero-order valence-corrected chi connectivity index (χ0v) is 20.2. The number of anilines is 1. The molecule has 0 radical (unpaired) electrons. The molecule has 182 valence electrons. The molecule has 3 aromatic carbocycles. The number of rotatable bonds is 10. The fourth-order valence-corrected chi connectivity index (χ4v) is 3.16. The largest absolute Gasteiger partial charge is 0.497 e. The molecule has 35 heavy (non-hydrogen) atoms. The molecule has 0 aromatic heterocycles. The summed E-state index contributed by atoms with van der Waals surface area (Å²) < 4.78 is 16.4. The molecule has 0 spiro atoms. The van der Waals surface area contributed by atoms with Crippen molar-refractivity contribution in [3.8, 4) is 17.2 Å².